The molecule has 0 amide bonds. The van der Waals surface area contributed by atoms with Gasteiger partial charge in [0, 0.05) is 37.7 Å². The van der Waals surface area contributed by atoms with Crippen molar-refractivity contribution in [3.05, 3.63) is 71.9 Å². The van der Waals surface area contributed by atoms with Crippen molar-refractivity contribution < 1.29 is 19.1 Å². The number of methoxy groups -OCH3 is 2. The second kappa shape index (κ2) is 9.78. The molecule has 9 heteroatoms. The number of nitrogens with zero attached hydrogens (tertiary/aromatic N) is 4. The monoisotopic (exact) mass is 435 g/mol. The van der Waals surface area contributed by atoms with E-state index in [1.165, 1.54) is 20.3 Å². The Morgan fingerprint density at radius 1 is 1.00 bits per heavy atom. The second-order valence-corrected chi connectivity index (χ2v) is 7.04. The number of carbonyl (C=O) groups excluding carboxylic acids is 2. The van der Waals surface area contributed by atoms with Crippen LogP contribution in [-0.2, 0) is 19.1 Å². The highest BCUT2D eigenvalue weighted by molar-refractivity contribution is 6.05. The average molecular weight is 435 g/mol. The Labute approximate surface area is 186 Å². The fourth-order valence-corrected chi connectivity index (χ4v) is 3.06. The summed E-state index contributed by atoms with van der Waals surface area (Å²) in [6.45, 7) is 1.83. The van der Waals surface area contributed by atoms with Crippen LogP contribution in [0.25, 0.3) is 0 Å². The fourth-order valence-electron chi connectivity index (χ4n) is 3.06. The third-order valence-electron chi connectivity index (χ3n) is 4.59. The first-order valence-corrected chi connectivity index (χ1v) is 9.79. The van der Waals surface area contributed by atoms with E-state index < -0.39 is 11.9 Å². The molecule has 32 heavy (non-hydrogen) atoms. The Bertz CT molecular complexity index is 1100. The molecule has 0 fully saturated rings. The molecule has 0 saturated heterocycles. The lowest BCUT2D eigenvalue weighted by atomic mass is 10.1. The van der Waals surface area contributed by atoms with Gasteiger partial charge in [0.15, 0.2) is 0 Å². The molecule has 1 aliphatic rings. The van der Waals surface area contributed by atoms with Crippen molar-refractivity contribution in [3.8, 4) is 0 Å². The maximum absolute atomic E-state index is 12.5. The summed E-state index contributed by atoms with van der Waals surface area (Å²) < 4.78 is 9.76. The Morgan fingerprint density at radius 2 is 1.69 bits per heavy atom. The van der Waals surface area contributed by atoms with E-state index in [2.05, 4.69) is 15.3 Å². The molecule has 1 aromatic carbocycles. The number of hydrogen-bond donors (Lipinski definition) is 1. The van der Waals surface area contributed by atoms with Crippen LogP contribution in [0.4, 0.5) is 23.0 Å². The van der Waals surface area contributed by atoms with Gasteiger partial charge in [-0.15, -0.1) is 0 Å². The van der Waals surface area contributed by atoms with Crippen LogP contribution in [0.2, 0.25) is 0 Å². The van der Waals surface area contributed by atoms with Crippen LogP contribution in [-0.4, -0.2) is 50.2 Å². The van der Waals surface area contributed by atoms with Gasteiger partial charge in [-0.05, 0) is 43.3 Å². The molecule has 1 N–H and O–H groups in total. The van der Waals surface area contributed by atoms with Crippen LogP contribution < -0.4 is 15.1 Å². The van der Waals surface area contributed by atoms with Crippen LogP contribution >= 0.6 is 0 Å². The third kappa shape index (κ3) is 4.94. The number of hydrogen-bond acceptors (Lipinski definition) is 9. The molecule has 0 spiro atoms. The lowest BCUT2D eigenvalue weighted by Gasteiger charge is -2.23. The van der Waals surface area contributed by atoms with Crippen molar-refractivity contribution >= 4 is 34.9 Å². The van der Waals surface area contributed by atoms with Crippen molar-refractivity contribution in [1.29, 1.82) is 0 Å². The number of aryl methyl sites for hydroxylation is 1. The minimum atomic E-state index is -0.656. The van der Waals surface area contributed by atoms with E-state index in [1.54, 1.807) is 23.3 Å². The summed E-state index contributed by atoms with van der Waals surface area (Å²) >= 11 is 0. The molecule has 0 bridgehead atoms. The molecular weight excluding hydrogens is 410 g/mol. The summed E-state index contributed by atoms with van der Waals surface area (Å²) in [6, 6.07) is 9.18. The molecule has 1 aromatic heterocycles. The number of anilines is 4. The summed E-state index contributed by atoms with van der Waals surface area (Å²) in [5, 5.41) is 3.26. The number of allylic oxidation sites excluding steroid dienone is 2. The summed E-state index contributed by atoms with van der Waals surface area (Å²) in [7, 11) is 6.36. The minimum Gasteiger partial charge on any atom is -0.465 e. The van der Waals surface area contributed by atoms with Crippen molar-refractivity contribution in [2.45, 2.75) is 6.92 Å². The smallest absolute Gasteiger partial charge is 0.355 e. The zero-order valence-electron chi connectivity index (χ0n) is 18.6. The van der Waals surface area contributed by atoms with E-state index in [0.29, 0.717) is 17.3 Å². The van der Waals surface area contributed by atoms with Crippen molar-refractivity contribution in [2.75, 3.05) is 43.4 Å². The number of nitrogens with one attached hydrogen (secondary N) is 1. The Kier molecular flexibility index (Phi) is 6.89. The highest BCUT2D eigenvalue weighted by Crippen LogP contribution is 2.28. The molecule has 0 aliphatic carbocycles. The number of carbonyl (C=O) groups is 2. The molecule has 166 valence electrons. The Morgan fingerprint density at radius 3 is 2.31 bits per heavy atom. The molecule has 0 unspecified atom stereocenters. The van der Waals surface area contributed by atoms with E-state index in [0.717, 1.165) is 11.5 Å². The maximum atomic E-state index is 12.5. The molecular formula is C23H25N5O4. The normalized spacial score (nSPS) is 13.0. The maximum Gasteiger partial charge on any atom is 0.355 e. The van der Waals surface area contributed by atoms with E-state index in [1.807, 2.05) is 56.3 Å². The molecule has 1 aliphatic heterocycles. The van der Waals surface area contributed by atoms with Gasteiger partial charge in [-0.1, -0.05) is 6.08 Å². The largest absolute Gasteiger partial charge is 0.465 e. The number of aromatic nitrogens is 2. The molecule has 0 radical (unpaired) electrons. The fraction of sp³-hybridized carbons (Fsp3) is 0.217. The topological polar surface area (TPSA) is 96.9 Å². The van der Waals surface area contributed by atoms with Gasteiger partial charge >= 0.3 is 11.9 Å². The second-order valence-electron chi connectivity index (χ2n) is 7.04. The molecule has 3 rings (SSSR count). The van der Waals surface area contributed by atoms with Gasteiger partial charge in [0.25, 0.3) is 0 Å². The van der Waals surface area contributed by atoms with E-state index >= 15 is 0 Å². The van der Waals surface area contributed by atoms with Crippen LogP contribution in [0.1, 0.15) is 5.82 Å². The standard InChI is InChI=1S/C23H25N5O4/c1-15-24-19(14-20(25-15)27(2)3)26-16-9-11-17(12-10-16)28-13-7-6-8-18(22(29)31-4)21(28)23(30)32-5/h6-14H,1-5H3,(H,24,25,26). The zero-order valence-corrected chi connectivity index (χ0v) is 18.6. The summed E-state index contributed by atoms with van der Waals surface area (Å²) in [5.41, 5.74) is 1.61. The first kappa shape index (κ1) is 22.5. The minimum absolute atomic E-state index is 0.0621. The van der Waals surface area contributed by atoms with E-state index in [-0.39, 0.29) is 11.3 Å². The third-order valence-corrected chi connectivity index (χ3v) is 4.59. The van der Waals surface area contributed by atoms with Crippen LogP contribution in [0, 0.1) is 6.92 Å². The Hall–Kier alpha value is -4.14. The van der Waals surface area contributed by atoms with Gasteiger partial charge in [0.1, 0.15) is 23.2 Å². The number of benzene rings is 1. The van der Waals surface area contributed by atoms with Gasteiger partial charge in [-0.2, -0.15) is 0 Å². The predicted octanol–water partition coefficient (Wildman–Crippen LogP) is 3.08. The predicted molar refractivity (Wildman–Crippen MR) is 123 cm³/mol. The van der Waals surface area contributed by atoms with Gasteiger partial charge in [0.2, 0.25) is 0 Å². The molecule has 2 aromatic rings. The van der Waals surface area contributed by atoms with Crippen molar-refractivity contribution in [2.24, 2.45) is 0 Å². The number of ether oxygens (including phenoxy) is 2. The Balaban J connectivity index is 1.93. The van der Waals surface area contributed by atoms with Gasteiger partial charge in [0.05, 0.1) is 19.8 Å². The van der Waals surface area contributed by atoms with Gasteiger partial charge < -0.3 is 24.6 Å². The lowest BCUT2D eigenvalue weighted by molar-refractivity contribution is -0.139. The zero-order chi connectivity index (χ0) is 23.3. The average Bonchev–Trinajstić information content (AvgIpc) is 3.01. The molecule has 2 heterocycles. The van der Waals surface area contributed by atoms with Crippen LogP contribution in [0.15, 0.2) is 66.0 Å². The quantitative estimate of drug-likeness (QED) is 0.687. The van der Waals surface area contributed by atoms with E-state index in [4.69, 9.17) is 9.47 Å². The summed E-state index contributed by atoms with van der Waals surface area (Å²) in [5.74, 6) is 0.819. The lowest BCUT2D eigenvalue weighted by Crippen LogP contribution is -2.26. The van der Waals surface area contributed by atoms with Crippen molar-refractivity contribution in [3.63, 3.8) is 0 Å². The summed E-state index contributed by atoms with van der Waals surface area (Å²) in [6.07, 6.45) is 6.57. The number of esters is 2. The van der Waals surface area contributed by atoms with Gasteiger partial charge in [-0.25, -0.2) is 19.6 Å². The van der Waals surface area contributed by atoms with Crippen molar-refractivity contribution in [1.82, 2.24) is 9.97 Å². The highest BCUT2D eigenvalue weighted by Gasteiger charge is 2.27. The van der Waals surface area contributed by atoms with Crippen LogP contribution in [0.5, 0.6) is 0 Å². The first-order valence-electron chi connectivity index (χ1n) is 9.79. The molecule has 0 atom stereocenters. The highest BCUT2D eigenvalue weighted by atomic mass is 16.5. The van der Waals surface area contributed by atoms with E-state index in [9.17, 15) is 9.59 Å². The number of rotatable bonds is 6. The first-order chi connectivity index (χ1) is 15.3. The van der Waals surface area contributed by atoms with Gasteiger partial charge in [-0.3, -0.25) is 0 Å². The van der Waals surface area contributed by atoms with Crippen LogP contribution in [0.3, 0.4) is 0 Å². The molecule has 0 saturated carbocycles. The summed E-state index contributed by atoms with van der Waals surface area (Å²) in [4.78, 5) is 37.1. The SMILES string of the molecule is COC(=O)C1=C(C(=O)OC)N(c2ccc(Nc3cc(N(C)C)nc(C)n3)cc2)C=CC=C1. The molecule has 9 nitrogen and oxygen atoms in total.